The van der Waals surface area contributed by atoms with Crippen LogP contribution < -0.4 is 5.32 Å². The molecular weight excluding hydrogens is 282 g/mol. The molecule has 0 spiro atoms. The van der Waals surface area contributed by atoms with E-state index in [-0.39, 0.29) is 6.10 Å². The molecule has 4 rings (SSSR count). The summed E-state index contributed by atoms with van der Waals surface area (Å²) in [4.78, 5) is 0. The normalized spacial score (nSPS) is 26.0. The van der Waals surface area contributed by atoms with E-state index in [1.807, 2.05) is 0 Å². The minimum Gasteiger partial charge on any atom is -0.378 e. The summed E-state index contributed by atoms with van der Waals surface area (Å²) in [7, 11) is 0. The van der Waals surface area contributed by atoms with Crippen LogP contribution in [0.3, 0.4) is 0 Å². The fraction of sp³-hybridized carbons (Fsp3) is 0.429. The largest absolute Gasteiger partial charge is 0.378 e. The van der Waals surface area contributed by atoms with Gasteiger partial charge >= 0.3 is 0 Å². The van der Waals surface area contributed by atoms with E-state index >= 15 is 0 Å². The van der Waals surface area contributed by atoms with Gasteiger partial charge in [0.2, 0.25) is 0 Å². The molecule has 3 atom stereocenters. The maximum Gasteiger partial charge on any atom is 0.0895 e. The molecule has 2 nitrogen and oxygen atoms in total. The molecule has 2 aromatic rings. The summed E-state index contributed by atoms with van der Waals surface area (Å²) in [6, 6.07) is 18.1. The van der Waals surface area contributed by atoms with Crippen LogP contribution >= 0.6 is 0 Å². The molecule has 2 heterocycles. The van der Waals surface area contributed by atoms with Crippen molar-refractivity contribution in [3.8, 4) is 0 Å². The van der Waals surface area contributed by atoms with Gasteiger partial charge in [0.25, 0.3) is 0 Å². The van der Waals surface area contributed by atoms with Gasteiger partial charge in [0.15, 0.2) is 0 Å². The number of aryl methyl sites for hydroxylation is 1. The molecule has 0 saturated carbocycles. The van der Waals surface area contributed by atoms with Crippen LogP contribution in [0.4, 0.5) is 5.69 Å². The molecule has 0 unspecified atom stereocenters. The minimum atomic E-state index is 0.238. The summed E-state index contributed by atoms with van der Waals surface area (Å²) in [5.41, 5.74) is 5.42. The van der Waals surface area contributed by atoms with Crippen LogP contribution in [-0.2, 0) is 11.2 Å². The van der Waals surface area contributed by atoms with Crippen molar-refractivity contribution < 1.29 is 4.74 Å². The van der Waals surface area contributed by atoms with Crippen LogP contribution in [0, 0.1) is 5.92 Å². The van der Waals surface area contributed by atoms with Gasteiger partial charge in [0, 0.05) is 23.8 Å². The van der Waals surface area contributed by atoms with E-state index < -0.39 is 0 Å². The smallest absolute Gasteiger partial charge is 0.0895 e. The molecule has 2 aliphatic rings. The Morgan fingerprint density at radius 2 is 2.00 bits per heavy atom. The lowest BCUT2D eigenvalue weighted by Gasteiger charge is -2.43. The van der Waals surface area contributed by atoms with Crippen molar-refractivity contribution in [2.45, 2.75) is 44.8 Å². The van der Waals surface area contributed by atoms with E-state index in [9.17, 15) is 0 Å². The van der Waals surface area contributed by atoms with Crippen molar-refractivity contribution in [2.75, 3.05) is 11.9 Å². The van der Waals surface area contributed by atoms with Crippen molar-refractivity contribution in [3.05, 3.63) is 65.2 Å². The summed E-state index contributed by atoms with van der Waals surface area (Å²) in [5.74, 6) is 0.524. The fourth-order valence-electron chi connectivity index (χ4n) is 4.15. The fourth-order valence-corrected chi connectivity index (χ4v) is 4.15. The maximum atomic E-state index is 6.25. The first-order chi connectivity index (χ1) is 11.4. The molecule has 2 aliphatic heterocycles. The van der Waals surface area contributed by atoms with Gasteiger partial charge in [-0.3, -0.25) is 0 Å². The first-order valence-corrected chi connectivity index (χ1v) is 8.92. The van der Waals surface area contributed by atoms with Gasteiger partial charge in [-0.25, -0.2) is 0 Å². The number of hydrogen-bond acceptors (Lipinski definition) is 2. The van der Waals surface area contributed by atoms with Gasteiger partial charge in [-0.1, -0.05) is 55.8 Å². The highest BCUT2D eigenvalue weighted by molar-refractivity contribution is 5.58. The van der Waals surface area contributed by atoms with Gasteiger partial charge in [-0.15, -0.1) is 0 Å². The first kappa shape index (κ1) is 14.8. The van der Waals surface area contributed by atoms with E-state index in [2.05, 4.69) is 60.8 Å². The van der Waals surface area contributed by atoms with Gasteiger partial charge < -0.3 is 10.1 Å². The second kappa shape index (κ2) is 6.37. The molecule has 120 valence electrons. The Hall–Kier alpha value is -1.80. The highest BCUT2D eigenvalue weighted by Crippen LogP contribution is 2.49. The minimum absolute atomic E-state index is 0.238. The average Bonchev–Trinajstić information content (AvgIpc) is 2.62. The van der Waals surface area contributed by atoms with Crippen LogP contribution in [0.1, 0.15) is 55.0 Å². The molecular formula is C21H25NO. The van der Waals surface area contributed by atoms with Crippen LogP contribution in [-0.4, -0.2) is 6.61 Å². The summed E-state index contributed by atoms with van der Waals surface area (Å²) < 4.78 is 6.25. The number of rotatable bonds is 3. The van der Waals surface area contributed by atoms with Crippen molar-refractivity contribution in [1.82, 2.24) is 0 Å². The van der Waals surface area contributed by atoms with Gasteiger partial charge in [-0.2, -0.15) is 0 Å². The Morgan fingerprint density at radius 1 is 1.13 bits per heavy atom. The van der Waals surface area contributed by atoms with Crippen molar-refractivity contribution in [3.63, 3.8) is 0 Å². The molecule has 23 heavy (non-hydrogen) atoms. The van der Waals surface area contributed by atoms with Crippen molar-refractivity contribution in [2.24, 2.45) is 5.92 Å². The zero-order chi connectivity index (χ0) is 15.6. The highest BCUT2D eigenvalue weighted by atomic mass is 16.5. The first-order valence-electron chi connectivity index (χ1n) is 8.92. The van der Waals surface area contributed by atoms with E-state index in [0.29, 0.717) is 12.0 Å². The Morgan fingerprint density at radius 3 is 2.83 bits per heavy atom. The van der Waals surface area contributed by atoms with Crippen molar-refractivity contribution >= 4 is 5.69 Å². The SMILES string of the molecule is CCCc1ccc2c(c1)[C@H]1OCCC[C@H]1[C@H](c1ccccc1)N2. The lowest BCUT2D eigenvalue weighted by Crippen LogP contribution is -2.36. The number of fused-ring (bicyclic) bond motifs is 3. The van der Waals surface area contributed by atoms with E-state index in [4.69, 9.17) is 4.74 Å². The Kier molecular flexibility index (Phi) is 4.09. The predicted octanol–water partition coefficient (Wildman–Crippen LogP) is 5.27. The Labute approximate surface area is 138 Å². The summed E-state index contributed by atoms with van der Waals surface area (Å²) >= 11 is 0. The predicted molar refractivity (Wildman–Crippen MR) is 94.7 cm³/mol. The molecule has 1 saturated heterocycles. The Bertz CT molecular complexity index is 667. The molecule has 0 aliphatic carbocycles. The summed E-state index contributed by atoms with van der Waals surface area (Å²) in [6.07, 6.45) is 4.97. The van der Waals surface area contributed by atoms with Gasteiger partial charge in [0.05, 0.1) is 12.1 Å². The molecule has 0 aromatic heterocycles. The van der Waals surface area contributed by atoms with Crippen LogP contribution in [0.5, 0.6) is 0 Å². The monoisotopic (exact) mass is 307 g/mol. The molecule has 1 N–H and O–H groups in total. The summed E-state index contributed by atoms with van der Waals surface area (Å²) in [5, 5.41) is 3.80. The third-order valence-corrected chi connectivity index (χ3v) is 5.23. The van der Waals surface area contributed by atoms with Crippen LogP contribution in [0.2, 0.25) is 0 Å². The molecule has 0 radical (unpaired) electrons. The standard InChI is InChI=1S/C21H25NO/c1-2-7-15-11-12-19-18(14-15)21-17(10-6-13-23-21)20(22-19)16-8-4-3-5-9-16/h3-5,8-9,11-12,14,17,20-22H,2,6-7,10,13H2,1H3/t17-,20-,21-/m0/s1. The number of nitrogens with one attached hydrogen (secondary N) is 1. The lowest BCUT2D eigenvalue weighted by atomic mass is 9.77. The van der Waals surface area contributed by atoms with Crippen LogP contribution in [0.25, 0.3) is 0 Å². The van der Waals surface area contributed by atoms with Crippen molar-refractivity contribution in [1.29, 1.82) is 0 Å². The highest BCUT2D eigenvalue weighted by Gasteiger charge is 2.39. The van der Waals surface area contributed by atoms with Gasteiger partial charge in [0.1, 0.15) is 0 Å². The molecule has 2 aromatic carbocycles. The zero-order valence-electron chi connectivity index (χ0n) is 13.8. The second-order valence-corrected chi connectivity index (χ2v) is 6.80. The maximum absolute atomic E-state index is 6.25. The Balaban J connectivity index is 1.74. The summed E-state index contributed by atoms with van der Waals surface area (Å²) in [6.45, 7) is 3.13. The number of anilines is 1. The number of ether oxygens (including phenoxy) is 1. The molecule has 1 fully saturated rings. The third-order valence-electron chi connectivity index (χ3n) is 5.23. The average molecular weight is 307 g/mol. The zero-order valence-corrected chi connectivity index (χ0v) is 13.8. The van der Waals surface area contributed by atoms with E-state index in [1.54, 1.807) is 0 Å². The second-order valence-electron chi connectivity index (χ2n) is 6.80. The number of benzene rings is 2. The topological polar surface area (TPSA) is 21.3 Å². The number of hydrogen-bond donors (Lipinski definition) is 1. The van der Waals surface area contributed by atoms with Gasteiger partial charge in [-0.05, 0) is 36.5 Å². The quantitative estimate of drug-likeness (QED) is 0.833. The third kappa shape index (κ3) is 2.76. The molecule has 0 amide bonds. The van der Waals surface area contributed by atoms with E-state index in [1.165, 1.54) is 35.2 Å². The van der Waals surface area contributed by atoms with Crippen LogP contribution in [0.15, 0.2) is 48.5 Å². The van der Waals surface area contributed by atoms with E-state index in [0.717, 1.165) is 19.4 Å². The lowest BCUT2D eigenvalue weighted by molar-refractivity contribution is -0.0381. The molecule has 2 heteroatoms. The molecule has 0 bridgehead atoms.